The number of nitrogens with one attached hydrogen (secondary N) is 2. The number of aromatic amines is 2. The Bertz CT molecular complexity index is 1320. The average Bonchev–Trinajstić information content (AvgIpc) is 3.55. The van der Waals surface area contributed by atoms with E-state index in [1.165, 1.54) is 0 Å². The molecular formula is C21H17N7O4. The van der Waals surface area contributed by atoms with Crippen LogP contribution in [0.4, 0.5) is 0 Å². The Morgan fingerprint density at radius 1 is 1.03 bits per heavy atom. The van der Waals surface area contributed by atoms with Gasteiger partial charge in [0.15, 0.2) is 6.61 Å². The van der Waals surface area contributed by atoms with Crippen molar-refractivity contribution in [2.45, 2.75) is 6.61 Å². The summed E-state index contributed by atoms with van der Waals surface area (Å²) in [6.07, 6.45) is 1.71. The average molecular weight is 431 g/mol. The van der Waals surface area contributed by atoms with Gasteiger partial charge in [0.2, 0.25) is 5.95 Å². The number of hydrogen-bond donors (Lipinski definition) is 3. The van der Waals surface area contributed by atoms with Gasteiger partial charge >= 0.3 is 5.97 Å². The second-order valence-electron chi connectivity index (χ2n) is 6.78. The van der Waals surface area contributed by atoms with Crippen molar-refractivity contribution < 1.29 is 19.4 Å². The minimum Gasteiger partial charge on any atom is -0.487 e. The molecule has 0 aliphatic carbocycles. The molecule has 0 saturated heterocycles. The van der Waals surface area contributed by atoms with Crippen molar-refractivity contribution in [2.24, 2.45) is 0 Å². The van der Waals surface area contributed by atoms with Crippen LogP contribution in [0.25, 0.3) is 28.4 Å². The maximum atomic E-state index is 10.6. The largest absolute Gasteiger partial charge is 0.487 e. The van der Waals surface area contributed by atoms with Crippen molar-refractivity contribution in [1.82, 2.24) is 35.2 Å². The molecule has 0 bridgehead atoms. The Kier molecular flexibility index (Phi) is 4.96. The number of rotatable bonds is 8. The van der Waals surface area contributed by atoms with E-state index >= 15 is 0 Å². The van der Waals surface area contributed by atoms with E-state index in [2.05, 4.69) is 30.5 Å². The first-order valence-corrected chi connectivity index (χ1v) is 9.65. The molecule has 3 N–H and O–H groups in total. The zero-order chi connectivity index (χ0) is 21.9. The minimum atomic E-state index is -1.04. The predicted octanol–water partition coefficient (Wildman–Crippen LogP) is 2.58. The van der Waals surface area contributed by atoms with E-state index in [4.69, 9.17) is 14.6 Å². The lowest BCUT2D eigenvalue weighted by molar-refractivity contribution is -0.139. The van der Waals surface area contributed by atoms with Gasteiger partial charge in [0, 0.05) is 6.20 Å². The molecule has 0 spiro atoms. The summed E-state index contributed by atoms with van der Waals surface area (Å²) in [5, 5.41) is 24.3. The third-order valence-corrected chi connectivity index (χ3v) is 4.62. The van der Waals surface area contributed by atoms with Crippen molar-refractivity contribution in [3.05, 3.63) is 66.5 Å². The van der Waals surface area contributed by atoms with Crippen LogP contribution in [0, 0.1) is 0 Å². The molecule has 0 fully saturated rings. The van der Waals surface area contributed by atoms with Gasteiger partial charge in [-0.15, -0.1) is 5.10 Å². The molecule has 0 aliphatic rings. The lowest BCUT2D eigenvalue weighted by Crippen LogP contribution is -2.09. The summed E-state index contributed by atoms with van der Waals surface area (Å²) in [6.45, 7) is -0.268. The number of ether oxygens (including phenoxy) is 2. The highest BCUT2D eigenvalue weighted by molar-refractivity contribution is 5.76. The topological polar surface area (TPSA) is 144 Å². The normalized spacial score (nSPS) is 11.0. The summed E-state index contributed by atoms with van der Waals surface area (Å²) in [4.78, 5) is 18.4. The second kappa shape index (κ2) is 8.22. The fourth-order valence-electron chi connectivity index (χ4n) is 3.18. The number of aromatic nitrogens is 7. The summed E-state index contributed by atoms with van der Waals surface area (Å²) in [5.74, 6) is 0.485. The quantitative estimate of drug-likeness (QED) is 0.340. The Morgan fingerprint density at radius 2 is 1.81 bits per heavy atom. The monoisotopic (exact) mass is 431 g/mol. The number of carbonyl (C=O) groups is 1. The number of benzene rings is 2. The zero-order valence-electron chi connectivity index (χ0n) is 16.6. The molecule has 0 amide bonds. The molecule has 11 heteroatoms. The summed E-state index contributed by atoms with van der Waals surface area (Å²) in [7, 11) is 0. The van der Waals surface area contributed by atoms with Crippen LogP contribution in [0.2, 0.25) is 0 Å². The van der Waals surface area contributed by atoms with Crippen molar-refractivity contribution in [3.63, 3.8) is 0 Å². The van der Waals surface area contributed by atoms with Gasteiger partial charge in [-0.25, -0.2) is 9.78 Å². The zero-order valence-corrected chi connectivity index (χ0v) is 16.6. The molecule has 0 atom stereocenters. The van der Waals surface area contributed by atoms with E-state index in [1.807, 2.05) is 30.3 Å². The molecule has 160 valence electrons. The van der Waals surface area contributed by atoms with Crippen LogP contribution < -0.4 is 9.47 Å². The van der Waals surface area contributed by atoms with Crippen molar-refractivity contribution in [3.8, 4) is 28.8 Å². The summed E-state index contributed by atoms with van der Waals surface area (Å²) in [6, 6.07) is 16.2. The molecule has 5 rings (SSSR count). The van der Waals surface area contributed by atoms with Gasteiger partial charge < -0.3 is 19.6 Å². The van der Waals surface area contributed by atoms with E-state index in [1.54, 1.807) is 35.1 Å². The number of carboxylic acids is 1. The molecule has 0 unspecified atom stereocenters. The van der Waals surface area contributed by atoms with Crippen LogP contribution in [0.3, 0.4) is 0 Å². The lowest BCUT2D eigenvalue weighted by atomic mass is 10.2. The minimum absolute atomic E-state index is 0.137. The number of nitrogens with zero attached hydrogens (tertiary/aromatic N) is 5. The van der Waals surface area contributed by atoms with Crippen LogP contribution in [0.15, 0.2) is 60.8 Å². The third kappa shape index (κ3) is 3.86. The number of para-hydroxylation sites is 2. The summed E-state index contributed by atoms with van der Waals surface area (Å²) < 4.78 is 12.6. The van der Waals surface area contributed by atoms with Gasteiger partial charge in [-0.2, -0.15) is 9.78 Å². The molecule has 0 radical (unpaired) electrons. The standard InChI is InChI=1S/C21H17N7O4/c29-19(30)12-32-14-7-5-13(6-8-14)31-11-18-20(17-9-10-22-25-17)28(27-26-18)21-23-15-3-1-2-4-16(15)24-21/h1-10H,11-12H2,(H,22,25)(H,23,24)(H,29,30). The van der Waals surface area contributed by atoms with Crippen LogP contribution >= 0.6 is 0 Å². The van der Waals surface area contributed by atoms with Crippen LogP contribution in [-0.2, 0) is 11.4 Å². The van der Waals surface area contributed by atoms with Gasteiger partial charge in [-0.3, -0.25) is 5.10 Å². The van der Waals surface area contributed by atoms with Crippen LogP contribution in [0.5, 0.6) is 11.5 Å². The fraction of sp³-hybridized carbons (Fsp3) is 0.0952. The first-order valence-electron chi connectivity index (χ1n) is 9.65. The Labute approximate surface area is 180 Å². The maximum Gasteiger partial charge on any atom is 0.341 e. The smallest absolute Gasteiger partial charge is 0.341 e. The number of imidazole rings is 1. The van der Waals surface area contributed by atoms with Gasteiger partial charge in [0.25, 0.3) is 0 Å². The molecular weight excluding hydrogens is 414 g/mol. The van der Waals surface area contributed by atoms with Crippen LogP contribution in [-0.4, -0.2) is 52.8 Å². The molecule has 11 nitrogen and oxygen atoms in total. The SMILES string of the molecule is O=C(O)COc1ccc(OCc2nnn(-c3nc4ccccc4[nH]3)c2-c2cc[nH]n2)cc1. The van der Waals surface area contributed by atoms with Gasteiger partial charge in [0.1, 0.15) is 35.2 Å². The lowest BCUT2D eigenvalue weighted by Gasteiger charge is -2.07. The first kappa shape index (κ1) is 19.3. The van der Waals surface area contributed by atoms with Gasteiger partial charge in [-0.1, -0.05) is 17.3 Å². The van der Waals surface area contributed by atoms with Gasteiger partial charge in [0.05, 0.1) is 11.0 Å². The molecule has 32 heavy (non-hydrogen) atoms. The molecule has 5 aromatic rings. The number of aliphatic carboxylic acids is 1. The molecule has 0 aliphatic heterocycles. The summed E-state index contributed by atoms with van der Waals surface area (Å²) in [5.41, 5.74) is 3.56. The van der Waals surface area contributed by atoms with Crippen molar-refractivity contribution in [2.75, 3.05) is 6.61 Å². The highest BCUT2D eigenvalue weighted by atomic mass is 16.5. The Balaban J connectivity index is 1.40. The first-order chi connectivity index (χ1) is 15.7. The Hall–Kier alpha value is -4.67. The van der Waals surface area contributed by atoms with E-state index in [0.717, 1.165) is 11.0 Å². The summed E-state index contributed by atoms with van der Waals surface area (Å²) >= 11 is 0. The molecule has 3 heterocycles. The van der Waals surface area contributed by atoms with Crippen LogP contribution in [0.1, 0.15) is 5.69 Å². The number of H-pyrrole nitrogens is 2. The highest BCUT2D eigenvalue weighted by Gasteiger charge is 2.20. The predicted molar refractivity (Wildman–Crippen MR) is 112 cm³/mol. The van der Waals surface area contributed by atoms with Crippen molar-refractivity contribution in [1.29, 1.82) is 0 Å². The number of carboxylic acid groups (broad SMARTS) is 1. The molecule has 0 saturated carbocycles. The molecule has 3 aromatic heterocycles. The Morgan fingerprint density at radius 3 is 2.53 bits per heavy atom. The second-order valence-corrected chi connectivity index (χ2v) is 6.78. The van der Waals surface area contributed by atoms with Gasteiger partial charge in [-0.05, 0) is 42.5 Å². The van der Waals surface area contributed by atoms with E-state index in [9.17, 15) is 4.79 Å². The fourth-order valence-corrected chi connectivity index (χ4v) is 3.18. The van der Waals surface area contributed by atoms with E-state index in [0.29, 0.717) is 34.5 Å². The highest BCUT2D eigenvalue weighted by Crippen LogP contribution is 2.25. The van der Waals surface area contributed by atoms with E-state index in [-0.39, 0.29) is 6.61 Å². The van der Waals surface area contributed by atoms with Crippen molar-refractivity contribution >= 4 is 17.0 Å². The third-order valence-electron chi connectivity index (χ3n) is 4.62. The number of hydrogen-bond acceptors (Lipinski definition) is 7. The van der Waals surface area contributed by atoms with E-state index < -0.39 is 12.6 Å². The molecule has 2 aromatic carbocycles. The number of fused-ring (bicyclic) bond motifs is 1. The maximum absolute atomic E-state index is 10.6.